The Morgan fingerprint density at radius 2 is 1.38 bits per heavy atom. The second-order valence-corrected chi connectivity index (χ2v) is 11.7. The minimum absolute atomic E-state index is 0.0144. The lowest BCUT2D eigenvalue weighted by Gasteiger charge is -2.19. The minimum atomic E-state index is -0.486. The molecule has 0 spiro atoms. The lowest BCUT2D eigenvalue weighted by Crippen LogP contribution is -2.27. The quantitative estimate of drug-likeness (QED) is 0.0792. The standard InChI is InChI=1S/C35H53N5O2/c1-5-8-10-11-12-13-14-15-16-17-18-19-21-30-22-24-31(25-23-30)37-38-33-28(4)32(26-36)35(41)40(34(33)39-42)27-29(7-3)20-9-6-2/h22-25,29H,5-21,27H2,1-4H3. The van der Waals surface area contributed by atoms with Gasteiger partial charge in [-0.05, 0) is 55.0 Å². The summed E-state index contributed by atoms with van der Waals surface area (Å²) in [5.74, 6) is 0.152. The highest BCUT2D eigenvalue weighted by Gasteiger charge is 2.22. The number of aromatic nitrogens is 1. The Hall–Kier alpha value is -3.14. The average molecular weight is 576 g/mol. The summed E-state index contributed by atoms with van der Waals surface area (Å²) in [6.07, 6.45) is 21.1. The van der Waals surface area contributed by atoms with Crippen molar-refractivity contribution in [1.29, 1.82) is 5.26 Å². The number of rotatable bonds is 22. The third-order valence-corrected chi connectivity index (χ3v) is 8.36. The summed E-state index contributed by atoms with van der Waals surface area (Å²) in [5, 5.41) is 21.6. The van der Waals surface area contributed by atoms with Gasteiger partial charge < -0.3 is 0 Å². The predicted octanol–water partition coefficient (Wildman–Crippen LogP) is 11.3. The molecule has 7 heteroatoms. The molecule has 0 aliphatic heterocycles. The SMILES string of the molecule is CCCCCCCCCCCCCCc1ccc(N=Nc2c(C)c(C#N)c(=O)n(CC(CC)CCCC)c2N=O)cc1. The maximum Gasteiger partial charge on any atom is 0.270 e. The molecule has 2 aromatic rings. The summed E-state index contributed by atoms with van der Waals surface area (Å²) < 4.78 is 1.33. The van der Waals surface area contributed by atoms with Crippen molar-refractivity contribution >= 4 is 17.2 Å². The van der Waals surface area contributed by atoms with Gasteiger partial charge in [-0.3, -0.25) is 9.36 Å². The van der Waals surface area contributed by atoms with E-state index in [0.717, 1.165) is 32.1 Å². The summed E-state index contributed by atoms with van der Waals surface area (Å²) in [6, 6.07) is 9.98. The van der Waals surface area contributed by atoms with Crippen LogP contribution in [0.15, 0.2) is 44.5 Å². The van der Waals surface area contributed by atoms with Crippen molar-refractivity contribution in [1.82, 2.24) is 4.57 Å². The molecule has 0 saturated heterocycles. The van der Waals surface area contributed by atoms with E-state index in [-0.39, 0.29) is 23.0 Å². The van der Waals surface area contributed by atoms with Crippen LogP contribution in [0.1, 0.15) is 140 Å². The number of nitriles is 1. The Morgan fingerprint density at radius 3 is 1.90 bits per heavy atom. The molecule has 0 bridgehead atoms. The van der Waals surface area contributed by atoms with Gasteiger partial charge in [0.05, 0.1) is 5.69 Å². The number of nitroso groups, excluding NO2 is 1. The first kappa shape index (κ1) is 35.1. The van der Waals surface area contributed by atoms with Gasteiger partial charge in [0, 0.05) is 12.1 Å². The van der Waals surface area contributed by atoms with Crippen molar-refractivity contribution in [2.24, 2.45) is 21.3 Å². The summed E-state index contributed by atoms with van der Waals surface area (Å²) >= 11 is 0. The highest BCUT2D eigenvalue weighted by molar-refractivity contribution is 5.66. The van der Waals surface area contributed by atoms with Crippen LogP contribution in [0, 0.1) is 29.1 Å². The van der Waals surface area contributed by atoms with Gasteiger partial charge in [0.2, 0.25) is 5.82 Å². The van der Waals surface area contributed by atoms with Crippen LogP contribution in [0.3, 0.4) is 0 Å². The molecule has 1 aromatic carbocycles. The van der Waals surface area contributed by atoms with Gasteiger partial charge in [0.25, 0.3) is 5.56 Å². The molecule has 0 amide bonds. The number of pyridine rings is 1. The van der Waals surface area contributed by atoms with Crippen molar-refractivity contribution in [3.05, 3.63) is 56.2 Å². The second-order valence-electron chi connectivity index (χ2n) is 11.7. The first-order valence-electron chi connectivity index (χ1n) is 16.5. The first-order valence-corrected chi connectivity index (χ1v) is 16.5. The van der Waals surface area contributed by atoms with Gasteiger partial charge in [-0.1, -0.05) is 123 Å². The Labute approximate surface area is 253 Å². The molecule has 1 heterocycles. The first-order chi connectivity index (χ1) is 20.5. The van der Waals surface area contributed by atoms with E-state index in [9.17, 15) is 15.0 Å². The molecular formula is C35H53N5O2. The topological polar surface area (TPSA) is 99.9 Å². The average Bonchev–Trinajstić information content (AvgIpc) is 3.00. The summed E-state index contributed by atoms with van der Waals surface area (Å²) in [7, 11) is 0. The van der Waals surface area contributed by atoms with Crippen LogP contribution < -0.4 is 5.56 Å². The van der Waals surface area contributed by atoms with Gasteiger partial charge in [-0.2, -0.15) is 10.4 Å². The molecule has 1 unspecified atom stereocenters. The molecule has 0 fully saturated rings. The molecule has 7 nitrogen and oxygen atoms in total. The van der Waals surface area contributed by atoms with Crippen molar-refractivity contribution in [2.45, 2.75) is 143 Å². The summed E-state index contributed by atoms with van der Waals surface area (Å²) in [5.41, 5.74) is 1.94. The van der Waals surface area contributed by atoms with Gasteiger partial charge in [0.1, 0.15) is 17.3 Å². The highest BCUT2D eigenvalue weighted by atomic mass is 16.3. The highest BCUT2D eigenvalue weighted by Crippen LogP contribution is 2.34. The zero-order valence-electron chi connectivity index (χ0n) is 26.7. The summed E-state index contributed by atoms with van der Waals surface area (Å²) in [6.45, 7) is 8.42. The number of azo groups is 1. The van der Waals surface area contributed by atoms with E-state index >= 15 is 0 Å². The van der Waals surface area contributed by atoms with E-state index in [1.807, 2.05) is 18.2 Å². The smallest absolute Gasteiger partial charge is 0.270 e. The normalized spacial score (nSPS) is 12.1. The fourth-order valence-corrected chi connectivity index (χ4v) is 5.50. The van der Waals surface area contributed by atoms with Crippen molar-refractivity contribution in [2.75, 3.05) is 0 Å². The maximum absolute atomic E-state index is 13.1. The lowest BCUT2D eigenvalue weighted by molar-refractivity contribution is 0.387. The van der Waals surface area contributed by atoms with Crippen LogP contribution in [0.25, 0.3) is 0 Å². The van der Waals surface area contributed by atoms with E-state index < -0.39 is 5.56 Å². The van der Waals surface area contributed by atoms with Crippen LogP contribution in [-0.4, -0.2) is 4.57 Å². The number of hydrogen-bond acceptors (Lipinski definition) is 6. The molecule has 0 aliphatic rings. The van der Waals surface area contributed by atoms with Crippen LogP contribution in [0.5, 0.6) is 0 Å². The lowest BCUT2D eigenvalue weighted by atomic mass is 9.99. The third kappa shape index (κ3) is 11.6. The monoisotopic (exact) mass is 575 g/mol. The molecule has 230 valence electrons. The minimum Gasteiger partial charge on any atom is -0.287 e. The van der Waals surface area contributed by atoms with Gasteiger partial charge in [-0.15, -0.1) is 10.0 Å². The Balaban J connectivity index is 1.95. The molecule has 1 atom stereocenters. The molecule has 0 saturated carbocycles. The van der Waals surface area contributed by atoms with Crippen molar-refractivity contribution < 1.29 is 0 Å². The van der Waals surface area contributed by atoms with Crippen molar-refractivity contribution in [3.63, 3.8) is 0 Å². The van der Waals surface area contributed by atoms with Gasteiger partial charge >= 0.3 is 0 Å². The molecular weight excluding hydrogens is 522 g/mol. The molecule has 2 rings (SSSR count). The predicted molar refractivity (Wildman–Crippen MR) is 174 cm³/mol. The van der Waals surface area contributed by atoms with Gasteiger partial charge in [-0.25, -0.2) is 0 Å². The number of benzene rings is 1. The van der Waals surface area contributed by atoms with E-state index in [1.165, 1.54) is 87.2 Å². The van der Waals surface area contributed by atoms with E-state index in [0.29, 0.717) is 17.8 Å². The number of nitrogens with zero attached hydrogens (tertiary/aromatic N) is 5. The molecule has 0 N–H and O–H groups in total. The van der Waals surface area contributed by atoms with Gasteiger partial charge in [0.15, 0.2) is 0 Å². The zero-order chi connectivity index (χ0) is 30.6. The third-order valence-electron chi connectivity index (χ3n) is 8.36. The van der Waals surface area contributed by atoms with Crippen molar-refractivity contribution in [3.8, 4) is 6.07 Å². The molecule has 0 aliphatic carbocycles. The molecule has 0 radical (unpaired) electrons. The maximum atomic E-state index is 13.1. The van der Waals surface area contributed by atoms with E-state index in [2.05, 4.69) is 48.3 Å². The second kappa shape index (κ2) is 20.7. The fourth-order valence-electron chi connectivity index (χ4n) is 5.50. The fraction of sp³-hybridized carbons (Fsp3) is 0.657. The van der Waals surface area contributed by atoms with E-state index in [1.54, 1.807) is 6.92 Å². The number of aryl methyl sites for hydroxylation is 1. The largest absolute Gasteiger partial charge is 0.287 e. The Bertz CT molecular complexity index is 1190. The molecule has 42 heavy (non-hydrogen) atoms. The number of unbranched alkanes of at least 4 members (excludes halogenated alkanes) is 12. The van der Waals surface area contributed by atoms with Crippen LogP contribution in [0.4, 0.5) is 17.2 Å². The van der Waals surface area contributed by atoms with E-state index in [4.69, 9.17) is 0 Å². The molecule has 1 aromatic heterocycles. The summed E-state index contributed by atoms with van der Waals surface area (Å²) in [4.78, 5) is 25.0. The van der Waals surface area contributed by atoms with Crippen LogP contribution >= 0.6 is 0 Å². The van der Waals surface area contributed by atoms with Crippen LogP contribution in [-0.2, 0) is 13.0 Å². The number of hydrogen-bond donors (Lipinski definition) is 0. The zero-order valence-corrected chi connectivity index (χ0v) is 26.7. The Morgan fingerprint density at radius 1 is 0.810 bits per heavy atom. The Kier molecular flexibility index (Phi) is 17.3. The van der Waals surface area contributed by atoms with Crippen LogP contribution in [0.2, 0.25) is 0 Å².